The van der Waals surface area contributed by atoms with Crippen LogP contribution in [0.4, 0.5) is 5.69 Å². The molecular weight excluding hydrogens is 404 g/mol. The summed E-state index contributed by atoms with van der Waals surface area (Å²) in [5.41, 5.74) is 1.35. The van der Waals surface area contributed by atoms with Gasteiger partial charge in [-0.3, -0.25) is 14.6 Å². The van der Waals surface area contributed by atoms with Crippen molar-refractivity contribution < 1.29 is 14.1 Å². The number of hydrogen-bond acceptors (Lipinski definition) is 9. The molecule has 0 saturated carbocycles. The van der Waals surface area contributed by atoms with Gasteiger partial charge in [-0.15, -0.1) is 11.8 Å². The molecule has 2 aromatic carbocycles. The minimum atomic E-state index is -0.869. The predicted molar refractivity (Wildman–Crippen MR) is 108 cm³/mol. The monoisotopic (exact) mass is 420 g/mol. The first kappa shape index (κ1) is 18.5. The van der Waals surface area contributed by atoms with Crippen molar-refractivity contribution >= 4 is 29.3 Å². The van der Waals surface area contributed by atoms with Crippen molar-refractivity contribution in [3.05, 3.63) is 60.5 Å². The summed E-state index contributed by atoms with van der Waals surface area (Å²) in [6, 6.07) is 15.0. The third-order valence-electron chi connectivity index (χ3n) is 4.97. The first-order chi connectivity index (χ1) is 14.7. The predicted octanol–water partition coefficient (Wildman–Crippen LogP) is 2.95. The maximum Gasteiger partial charge on any atom is 0.263 e. The zero-order valence-corrected chi connectivity index (χ0v) is 16.7. The standard InChI is InChI=1S/C20H16N6O3S/c1-30-14-9-5-8-13(10-14)26-19(27)16-17(20(26)28)25(24-22-16)11-15-21-18(23-29-15)12-6-3-2-4-7-12/h2-10,16-17H,11H2,1H3/t16-,17-/m1/s1. The van der Waals surface area contributed by atoms with E-state index in [1.54, 1.807) is 6.07 Å². The van der Waals surface area contributed by atoms with Gasteiger partial charge in [-0.05, 0) is 24.5 Å². The zero-order chi connectivity index (χ0) is 20.7. The lowest BCUT2D eigenvalue weighted by Gasteiger charge is -2.19. The molecule has 10 heteroatoms. The molecule has 0 radical (unpaired) electrons. The van der Waals surface area contributed by atoms with E-state index in [0.717, 1.165) is 10.5 Å². The number of nitrogens with zero attached hydrogens (tertiary/aromatic N) is 6. The van der Waals surface area contributed by atoms with E-state index in [-0.39, 0.29) is 24.2 Å². The van der Waals surface area contributed by atoms with Crippen LogP contribution in [0, 0.1) is 0 Å². The molecule has 0 spiro atoms. The number of carbonyl (C=O) groups is 2. The number of anilines is 1. The molecule has 3 aromatic rings. The van der Waals surface area contributed by atoms with Crippen molar-refractivity contribution in [2.75, 3.05) is 11.2 Å². The number of aromatic nitrogens is 2. The summed E-state index contributed by atoms with van der Waals surface area (Å²) in [6.45, 7) is 0.0855. The van der Waals surface area contributed by atoms with E-state index in [4.69, 9.17) is 4.52 Å². The molecule has 1 aromatic heterocycles. The summed E-state index contributed by atoms with van der Waals surface area (Å²) in [6.07, 6.45) is 1.94. The Balaban J connectivity index is 1.37. The number of imide groups is 1. The fraction of sp³-hybridized carbons (Fsp3) is 0.200. The molecule has 9 nitrogen and oxygen atoms in total. The smallest absolute Gasteiger partial charge is 0.263 e. The molecule has 2 aliphatic rings. The molecule has 0 N–H and O–H groups in total. The fourth-order valence-corrected chi connectivity index (χ4v) is 3.97. The molecule has 150 valence electrons. The molecular formula is C20H16N6O3S. The molecule has 30 heavy (non-hydrogen) atoms. The maximum atomic E-state index is 13.1. The minimum absolute atomic E-state index is 0.0855. The van der Waals surface area contributed by atoms with Gasteiger partial charge < -0.3 is 4.52 Å². The highest BCUT2D eigenvalue weighted by Crippen LogP contribution is 2.34. The zero-order valence-electron chi connectivity index (χ0n) is 15.9. The van der Waals surface area contributed by atoms with E-state index in [2.05, 4.69) is 20.5 Å². The van der Waals surface area contributed by atoms with Gasteiger partial charge in [0.25, 0.3) is 11.8 Å². The first-order valence-corrected chi connectivity index (χ1v) is 10.5. The van der Waals surface area contributed by atoms with Gasteiger partial charge in [-0.25, -0.2) is 4.90 Å². The molecule has 5 rings (SSSR count). The Kier molecular flexibility index (Phi) is 4.55. The summed E-state index contributed by atoms with van der Waals surface area (Å²) in [5.74, 6) is -0.0137. The van der Waals surface area contributed by atoms with Gasteiger partial charge >= 0.3 is 0 Å². The number of amides is 2. The van der Waals surface area contributed by atoms with Crippen LogP contribution in [0.3, 0.4) is 0 Å². The molecule has 2 atom stereocenters. The van der Waals surface area contributed by atoms with Gasteiger partial charge in [0.2, 0.25) is 11.7 Å². The Morgan fingerprint density at radius 2 is 1.90 bits per heavy atom. The second-order valence-electron chi connectivity index (χ2n) is 6.78. The van der Waals surface area contributed by atoms with Crippen LogP contribution in [0.5, 0.6) is 0 Å². The lowest BCUT2D eigenvalue weighted by atomic mass is 10.1. The maximum absolute atomic E-state index is 13.1. The Labute approximate surface area is 175 Å². The van der Waals surface area contributed by atoms with Gasteiger partial charge in [0.05, 0.1) is 5.69 Å². The third-order valence-corrected chi connectivity index (χ3v) is 5.69. The quantitative estimate of drug-likeness (QED) is 0.462. The lowest BCUT2D eigenvalue weighted by Crippen LogP contribution is -2.39. The third kappa shape index (κ3) is 3.05. The number of thioether (sulfide) groups is 1. The normalized spacial score (nSPS) is 20.3. The van der Waals surface area contributed by atoms with Gasteiger partial charge in [-0.2, -0.15) is 10.1 Å². The topological polar surface area (TPSA) is 104 Å². The van der Waals surface area contributed by atoms with E-state index < -0.39 is 12.1 Å². The molecule has 0 bridgehead atoms. The Hall–Kier alpha value is -3.53. The Bertz CT molecular complexity index is 1150. The van der Waals surface area contributed by atoms with Gasteiger partial charge in [0.15, 0.2) is 12.1 Å². The molecule has 1 saturated heterocycles. The van der Waals surface area contributed by atoms with Crippen LogP contribution in [-0.2, 0) is 16.1 Å². The SMILES string of the molecule is CSc1cccc(N2C(=O)[C@@H]3N=NN(Cc4nc(-c5ccccc5)no4)[C@H]3C2=O)c1. The van der Waals surface area contributed by atoms with Crippen molar-refractivity contribution in [3.63, 3.8) is 0 Å². The van der Waals surface area contributed by atoms with Gasteiger partial charge in [-0.1, -0.05) is 46.8 Å². The minimum Gasteiger partial charge on any atom is -0.337 e. The average molecular weight is 420 g/mol. The van der Waals surface area contributed by atoms with Crippen LogP contribution < -0.4 is 4.90 Å². The summed E-state index contributed by atoms with van der Waals surface area (Å²) in [4.78, 5) is 32.5. The largest absolute Gasteiger partial charge is 0.337 e. The van der Waals surface area contributed by atoms with Crippen LogP contribution in [0.25, 0.3) is 11.4 Å². The Morgan fingerprint density at radius 3 is 2.70 bits per heavy atom. The van der Waals surface area contributed by atoms with Crippen LogP contribution in [0.1, 0.15) is 5.89 Å². The number of carbonyl (C=O) groups excluding carboxylic acids is 2. The van der Waals surface area contributed by atoms with Crippen LogP contribution in [-0.4, -0.2) is 45.3 Å². The fourth-order valence-electron chi connectivity index (χ4n) is 3.52. The van der Waals surface area contributed by atoms with E-state index >= 15 is 0 Å². The van der Waals surface area contributed by atoms with Gasteiger partial charge in [0, 0.05) is 10.5 Å². The summed E-state index contributed by atoms with van der Waals surface area (Å²) in [7, 11) is 0. The number of rotatable bonds is 5. The molecule has 2 amide bonds. The van der Waals surface area contributed by atoms with Crippen molar-refractivity contribution in [2.24, 2.45) is 10.3 Å². The van der Waals surface area contributed by atoms with Crippen molar-refractivity contribution in [1.82, 2.24) is 15.1 Å². The average Bonchev–Trinajstić information content (AvgIpc) is 3.47. The lowest BCUT2D eigenvalue weighted by molar-refractivity contribution is -0.123. The molecule has 1 fully saturated rings. The highest BCUT2D eigenvalue weighted by atomic mass is 32.2. The van der Waals surface area contributed by atoms with E-state index in [9.17, 15) is 9.59 Å². The van der Waals surface area contributed by atoms with E-state index in [0.29, 0.717) is 11.5 Å². The number of benzene rings is 2. The van der Waals surface area contributed by atoms with Crippen LogP contribution in [0.15, 0.2) is 74.4 Å². The van der Waals surface area contributed by atoms with Gasteiger partial charge in [0.1, 0.15) is 6.54 Å². The Morgan fingerprint density at radius 1 is 1.07 bits per heavy atom. The second-order valence-corrected chi connectivity index (χ2v) is 7.66. The second kappa shape index (κ2) is 7.38. The van der Waals surface area contributed by atoms with Crippen molar-refractivity contribution in [3.8, 4) is 11.4 Å². The summed E-state index contributed by atoms with van der Waals surface area (Å²) in [5, 5.41) is 13.5. The van der Waals surface area contributed by atoms with E-state index in [1.807, 2.05) is 54.8 Å². The van der Waals surface area contributed by atoms with Crippen LogP contribution in [0.2, 0.25) is 0 Å². The molecule has 2 aliphatic heterocycles. The highest BCUT2D eigenvalue weighted by Gasteiger charge is 2.55. The number of hydrogen-bond donors (Lipinski definition) is 0. The van der Waals surface area contributed by atoms with E-state index in [1.165, 1.54) is 21.7 Å². The molecule has 3 heterocycles. The first-order valence-electron chi connectivity index (χ1n) is 9.23. The van der Waals surface area contributed by atoms with Crippen molar-refractivity contribution in [1.29, 1.82) is 0 Å². The molecule has 0 aliphatic carbocycles. The van der Waals surface area contributed by atoms with Crippen LogP contribution >= 0.6 is 11.8 Å². The highest BCUT2D eigenvalue weighted by molar-refractivity contribution is 7.98. The van der Waals surface area contributed by atoms with Crippen molar-refractivity contribution in [2.45, 2.75) is 23.5 Å². The summed E-state index contributed by atoms with van der Waals surface area (Å²) < 4.78 is 5.32. The summed E-state index contributed by atoms with van der Waals surface area (Å²) >= 11 is 1.54. The number of fused-ring (bicyclic) bond motifs is 1. The molecule has 0 unspecified atom stereocenters.